The third-order valence-corrected chi connectivity index (χ3v) is 3.82. The van der Waals surface area contributed by atoms with Crippen LogP contribution in [0.1, 0.15) is 18.1 Å². The minimum Gasteiger partial charge on any atom is -0.469 e. The first-order valence-corrected chi connectivity index (χ1v) is 7.12. The summed E-state index contributed by atoms with van der Waals surface area (Å²) in [5.74, 6) is 1.13. The molecule has 22 heavy (non-hydrogen) atoms. The van der Waals surface area contributed by atoms with Crippen LogP contribution in [-0.2, 0) is 4.79 Å². The summed E-state index contributed by atoms with van der Waals surface area (Å²) in [6, 6.07) is 11.2. The highest BCUT2D eigenvalue weighted by molar-refractivity contribution is 5.95. The van der Waals surface area contributed by atoms with Gasteiger partial charge in [0, 0.05) is 17.5 Å². The summed E-state index contributed by atoms with van der Waals surface area (Å²) >= 11 is 0. The molecule has 1 fully saturated rings. The molecule has 0 saturated heterocycles. The van der Waals surface area contributed by atoms with E-state index in [-0.39, 0.29) is 17.7 Å². The Hall–Kier alpha value is -2.89. The molecule has 2 heterocycles. The normalized spacial score (nSPS) is 19.8. The van der Waals surface area contributed by atoms with Crippen LogP contribution in [0.2, 0.25) is 0 Å². The SMILES string of the molecule is O=C(Nc1ccc(-n2nccn2)cc1)C1CC1c1ccco1. The number of carbonyl (C=O) groups excluding carboxylic acids is 1. The van der Waals surface area contributed by atoms with E-state index in [0.717, 1.165) is 23.6 Å². The molecule has 6 heteroatoms. The van der Waals surface area contributed by atoms with Crippen LogP contribution in [0.4, 0.5) is 5.69 Å². The molecule has 1 aliphatic rings. The van der Waals surface area contributed by atoms with Crippen molar-refractivity contribution in [1.29, 1.82) is 0 Å². The Kier molecular flexibility index (Phi) is 3.00. The quantitative estimate of drug-likeness (QED) is 0.802. The molecular weight excluding hydrogens is 280 g/mol. The molecule has 1 N–H and O–H groups in total. The van der Waals surface area contributed by atoms with Crippen LogP contribution in [0.5, 0.6) is 0 Å². The predicted octanol–water partition coefficient (Wildman–Crippen LogP) is 2.60. The fraction of sp³-hybridized carbons (Fsp3) is 0.188. The molecule has 1 aliphatic carbocycles. The lowest BCUT2D eigenvalue weighted by Crippen LogP contribution is -2.14. The Morgan fingerprint density at radius 3 is 2.64 bits per heavy atom. The van der Waals surface area contributed by atoms with Crippen LogP contribution in [0.15, 0.2) is 59.5 Å². The molecule has 4 rings (SSSR count). The zero-order valence-electron chi connectivity index (χ0n) is 11.7. The lowest BCUT2D eigenvalue weighted by atomic mass is 10.2. The molecule has 1 amide bonds. The van der Waals surface area contributed by atoms with Gasteiger partial charge in [0.05, 0.1) is 24.3 Å². The Morgan fingerprint density at radius 2 is 1.95 bits per heavy atom. The van der Waals surface area contributed by atoms with Crippen molar-refractivity contribution in [2.24, 2.45) is 5.92 Å². The first-order valence-electron chi connectivity index (χ1n) is 7.12. The molecule has 0 radical (unpaired) electrons. The standard InChI is InChI=1S/C16H14N4O2/c21-16(14-10-13(14)15-2-1-9-22-15)19-11-3-5-12(6-4-11)20-17-7-8-18-20/h1-9,13-14H,10H2,(H,19,21). The van der Waals surface area contributed by atoms with Gasteiger partial charge >= 0.3 is 0 Å². The number of rotatable bonds is 4. The first kappa shape index (κ1) is 12.8. The number of carbonyl (C=O) groups is 1. The Balaban J connectivity index is 1.40. The van der Waals surface area contributed by atoms with Gasteiger partial charge < -0.3 is 9.73 Å². The lowest BCUT2D eigenvalue weighted by Gasteiger charge is -2.06. The topological polar surface area (TPSA) is 73.0 Å². The average molecular weight is 294 g/mol. The fourth-order valence-corrected chi connectivity index (χ4v) is 2.56. The van der Waals surface area contributed by atoms with Crippen LogP contribution in [0, 0.1) is 5.92 Å². The number of anilines is 1. The minimum absolute atomic E-state index is 0.00129. The van der Waals surface area contributed by atoms with Crippen LogP contribution in [-0.4, -0.2) is 20.9 Å². The monoisotopic (exact) mass is 294 g/mol. The van der Waals surface area contributed by atoms with E-state index in [2.05, 4.69) is 15.5 Å². The molecule has 110 valence electrons. The Morgan fingerprint density at radius 1 is 1.18 bits per heavy atom. The maximum atomic E-state index is 12.2. The summed E-state index contributed by atoms with van der Waals surface area (Å²) in [4.78, 5) is 13.7. The summed E-state index contributed by atoms with van der Waals surface area (Å²) in [5.41, 5.74) is 1.62. The lowest BCUT2D eigenvalue weighted by molar-refractivity contribution is -0.117. The number of amides is 1. The number of benzene rings is 1. The number of aromatic nitrogens is 3. The van der Waals surface area contributed by atoms with E-state index in [1.165, 1.54) is 4.80 Å². The van der Waals surface area contributed by atoms with E-state index in [1.54, 1.807) is 18.7 Å². The number of nitrogens with zero attached hydrogens (tertiary/aromatic N) is 3. The molecule has 1 aromatic carbocycles. The van der Waals surface area contributed by atoms with Crippen LogP contribution in [0.25, 0.3) is 5.69 Å². The van der Waals surface area contributed by atoms with E-state index in [1.807, 2.05) is 36.4 Å². The van der Waals surface area contributed by atoms with Crippen LogP contribution < -0.4 is 5.32 Å². The van der Waals surface area contributed by atoms with E-state index < -0.39 is 0 Å². The average Bonchev–Trinajstić information content (AvgIpc) is 2.97. The van der Waals surface area contributed by atoms with Gasteiger partial charge in [-0.25, -0.2) is 0 Å². The zero-order valence-corrected chi connectivity index (χ0v) is 11.7. The second-order valence-corrected chi connectivity index (χ2v) is 5.32. The molecule has 2 atom stereocenters. The van der Waals surface area contributed by atoms with Crippen molar-refractivity contribution in [1.82, 2.24) is 15.0 Å². The fourth-order valence-electron chi connectivity index (χ4n) is 2.56. The highest BCUT2D eigenvalue weighted by Gasteiger charge is 2.45. The Labute approximate surface area is 126 Å². The summed E-state index contributed by atoms with van der Waals surface area (Å²) in [6.07, 6.45) is 5.73. The van der Waals surface area contributed by atoms with Gasteiger partial charge in [0.15, 0.2) is 0 Å². The smallest absolute Gasteiger partial charge is 0.228 e. The molecule has 3 aromatic rings. The van der Waals surface area contributed by atoms with Gasteiger partial charge in [-0.05, 0) is 42.8 Å². The molecule has 2 unspecified atom stereocenters. The van der Waals surface area contributed by atoms with E-state index >= 15 is 0 Å². The summed E-state index contributed by atoms with van der Waals surface area (Å²) in [5, 5.41) is 11.1. The van der Waals surface area contributed by atoms with Gasteiger partial charge in [-0.3, -0.25) is 4.79 Å². The van der Waals surface area contributed by atoms with Crippen LogP contribution in [0.3, 0.4) is 0 Å². The maximum Gasteiger partial charge on any atom is 0.228 e. The Bertz CT molecular complexity index is 763. The number of hydrogen-bond donors (Lipinski definition) is 1. The first-order chi connectivity index (χ1) is 10.8. The van der Waals surface area contributed by atoms with Gasteiger partial charge in [-0.15, -0.1) is 0 Å². The third-order valence-electron chi connectivity index (χ3n) is 3.82. The number of hydrogen-bond acceptors (Lipinski definition) is 4. The van der Waals surface area contributed by atoms with Crippen molar-refractivity contribution < 1.29 is 9.21 Å². The van der Waals surface area contributed by atoms with Crippen molar-refractivity contribution in [2.45, 2.75) is 12.3 Å². The molecule has 1 saturated carbocycles. The van der Waals surface area contributed by atoms with Gasteiger partial charge in [0.25, 0.3) is 0 Å². The second-order valence-electron chi connectivity index (χ2n) is 5.32. The van der Waals surface area contributed by atoms with Crippen molar-refractivity contribution in [2.75, 3.05) is 5.32 Å². The molecule has 0 spiro atoms. The minimum atomic E-state index is -0.00129. The summed E-state index contributed by atoms with van der Waals surface area (Å²) in [7, 11) is 0. The van der Waals surface area contributed by atoms with Gasteiger partial charge in [-0.2, -0.15) is 15.0 Å². The molecule has 0 bridgehead atoms. The largest absolute Gasteiger partial charge is 0.469 e. The summed E-state index contributed by atoms with van der Waals surface area (Å²) < 4.78 is 5.35. The maximum absolute atomic E-state index is 12.2. The van der Waals surface area contributed by atoms with E-state index in [9.17, 15) is 4.79 Å². The second kappa shape index (κ2) is 5.14. The van der Waals surface area contributed by atoms with Gasteiger partial charge in [0.1, 0.15) is 5.76 Å². The number of furan rings is 1. The zero-order chi connectivity index (χ0) is 14.9. The van der Waals surface area contributed by atoms with E-state index in [0.29, 0.717) is 0 Å². The molecule has 6 nitrogen and oxygen atoms in total. The number of nitrogens with one attached hydrogen (secondary N) is 1. The summed E-state index contributed by atoms with van der Waals surface area (Å²) in [6.45, 7) is 0. The van der Waals surface area contributed by atoms with Crippen LogP contribution >= 0.6 is 0 Å². The molecular formula is C16H14N4O2. The van der Waals surface area contributed by atoms with Crippen molar-refractivity contribution in [3.63, 3.8) is 0 Å². The van der Waals surface area contributed by atoms with Crippen molar-refractivity contribution in [3.05, 3.63) is 60.8 Å². The molecule has 2 aromatic heterocycles. The van der Waals surface area contributed by atoms with E-state index in [4.69, 9.17) is 4.42 Å². The van der Waals surface area contributed by atoms with Gasteiger partial charge in [0.2, 0.25) is 5.91 Å². The third kappa shape index (κ3) is 2.39. The highest BCUT2D eigenvalue weighted by atomic mass is 16.3. The van der Waals surface area contributed by atoms with Crippen molar-refractivity contribution >= 4 is 11.6 Å². The van der Waals surface area contributed by atoms with Gasteiger partial charge in [-0.1, -0.05) is 0 Å². The highest BCUT2D eigenvalue weighted by Crippen LogP contribution is 2.48. The van der Waals surface area contributed by atoms with Crippen molar-refractivity contribution in [3.8, 4) is 5.69 Å². The predicted molar refractivity (Wildman–Crippen MR) is 79.5 cm³/mol. The molecule has 0 aliphatic heterocycles.